The molecule has 4 heteroatoms. The minimum absolute atomic E-state index is 0.691. The lowest BCUT2D eigenvalue weighted by Crippen LogP contribution is -2.09. The maximum absolute atomic E-state index is 5.36. The molecular formula is C52H36N4. The first-order chi connectivity index (χ1) is 27.8. The molecule has 0 amide bonds. The summed E-state index contributed by atoms with van der Waals surface area (Å²) in [6.45, 7) is 0. The van der Waals surface area contributed by atoms with Crippen molar-refractivity contribution in [2.24, 2.45) is 0 Å². The normalized spacial score (nSPS) is 11.2. The van der Waals surface area contributed by atoms with Crippen molar-refractivity contribution in [3.8, 4) is 50.7 Å². The fraction of sp³-hybridized carbons (Fsp3) is 0. The van der Waals surface area contributed by atoms with Crippen molar-refractivity contribution < 1.29 is 0 Å². The Balaban J connectivity index is 1.17. The number of hydrogen-bond donors (Lipinski definition) is 0. The molecule has 0 aliphatic rings. The van der Waals surface area contributed by atoms with Gasteiger partial charge in [0.05, 0.1) is 28.1 Å². The summed E-state index contributed by atoms with van der Waals surface area (Å²) in [4.78, 5) is 13.0. The zero-order valence-electron chi connectivity index (χ0n) is 30.6. The van der Waals surface area contributed by atoms with Gasteiger partial charge in [0.15, 0.2) is 5.82 Å². The lowest BCUT2D eigenvalue weighted by molar-refractivity contribution is 1.09. The number of anilines is 3. The maximum Gasteiger partial charge on any atom is 0.160 e. The van der Waals surface area contributed by atoms with Gasteiger partial charge in [-0.3, -0.25) is 0 Å². The highest BCUT2D eigenvalue weighted by Gasteiger charge is 2.24. The molecule has 0 aliphatic heterocycles. The van der Waals surface area contributed by atoms with Crippen molar-refractivity contribution in [2.75, 3.05) is 4.90 Å². The van der Waals surface area contributed by atoms with Crippen molar-refractivity contribution >= 4 is 38.9 Å². The standard InChI is InChI=1S/C52H36N4/c1-6-18-38(19-7-1)49-51(50(39-20-8-2-9-21-39)54-52(53-49)40-22-10-3-11-23-40)56-47-29-17-16-28-45(47)46-36-41(32-35-48(46)56)37-30-33-44(34-31-37)55(42-24-12-4-13-25-42)43-26-14-5-15-27-43/h1-36H. The zero-order chi connectivity index (χ0) is 37.3. The molecule has 264 valence electrons. The van der Waals surface area contributed by atoms with E-state index in [0.29, 0.717) is 5.82 Å². The van der Waals surface area contributed by atoms with Crippen LogP contribution in [-0.2, 0) is 0 Å². The minimum atomic E-state index is 0.691. The Labute approximate surface area is 326 Å². The third-order valence-corrected chi connectivity index (χ3v) is 10.4. The third kappa shape index (κ3) is 6.00. The average Bonchev–Trinajstić information content (AvgIpc) is 3.61. The van der Waals surface area contributed by atoms with Gasteiger partial charge in [-0.2, -0.15) is 0 Å². The Morgan fingerprint density at radius 2 is 0.750 bits per heavy atom. The van der Waals surface area contributed by atoms with Crippen LogP contribution in [0.1, 0.15) is 0 Å². The van der Waals surface area contributed by atoms with E-state index in [2.05, 4.69) is 210 Å². The molecule has 0 radical (unpaired) electrons. The van der Waals surface area contributed by atoms with Crippen LogP contribution in [0.3, 0.4) is 0 Å². The molecule has 2 heterocycles. The Kier molecular flexibility index (Phi) is 8.47. The van der Waals surface area contributed by atoms with Crippen LogP contribution >= 0.6 is 0 Å². The highest BCUT2D eigenvalue weighted by Crippen LogP contribution is 2.42. The molecule has 2 aromatic heterocycles. The quantitative estimate of drug-likeness (QED) is 0.157. The van der Waals surface area contributed by atoms with E-state index in [1.165, 1.54) is 10.8 Å². The number of aromatic nitrogens is 3. The average molecular weight is 717 g/mol. The molecule has 0 bridgehead atoms. The predicted octanol–water partition coefficient (Wildman–Crippen LogP) is 13.7. The monoisotopic (exact) mass is 716 g/mol. The van der Waals surface area contributed by atoms with Gasteiger partial charge in [0.25, 0.3) is 0 Å². The Hall–Kier alpha value is -7.56. The number of nitrogens with zero attached hydrogens (tertiary/aromatic N) is 4. The van der Waals surface area contributed by atoms with Crippen molar-refractivity contribution in [2.45, 2.75) is 0 Å². The van der Waals surface area contributed by atoms with Gasteiger partial charge in [0.1, 0.15) is 0 Å². The van der Waals surface area contributed by atoms with Crippen LogP contribution in [0.15, 0.2) is 218 Å². The zero-order valence-corrected chi connectivity index (χ0v) is 30.6. The number of rotatable bonds is 8. The molecule has 0 saturated carbocycles. The molecule has 8 aromatic carbocycles. The number of benzene rings is 8. The maximum atomic E-state index is 5.36. The SMILES string of the molecule is c1ccc(-c2nc(-c3ccccc3)c(-n3c4ccccc4c4cc(-c5ccc(N(c6ccccc6)c6ccccc6)cc5)ccc43)c(-c3ccccc3)n2)cc1. The predicted molar refractivity (Wildman–Crippen MR) is 233 cm³/mol. The second-order valence-electron chi connectivity index (χ2n) is 13.8. The second-order valence-corrected chi connectivity index (χ2v) is 13.8. The molecule has 0 atom stereocenters. The summed E-state index contributed by atoms with van der Waals surface area (Å²) in [5.74, 6) is 0.691. The number of hydrogen-bond acceptors (Lipinski definition) is 3. The number of fused-ring (bicyclic) bond motifs is 3. The molecule has 56 heavy (non-hydrogen) atoms. The molecule has 10 aromatic rings. The van der Waals surface area contributed by atoms with Crippen LogP contribution in [0, 0.1) is 0 Å². The molecule has 0 aliphatic carbocycles. The first-order valence-electron chi connectivity index (χ1n) is 18.9. The van der Waals surface area contributed by atoms with E-state index in [1.54, 1.807) is 0 Å². The van der Waals surface area contributed by atoms with Crippen LogP contribution in [0.25, 0.3) is 72.5 Å². The largest absolute Gasteiger partial charge is 0.311 e. The van der Waals surface area contributed by atoms with Crippen LogP contribution in [-0.4, -0.2) is 14.5 Å². The summed E-state index contributed by atoms with van der Waals surface area (Å²) in [6.07, 6.45) is 0. The fourth-order valence-corrected chi connectivity index (χ4v) is 7.78. The van der Waals surface area contributed by atoms with E-state index < -0.39 is 0 Å². The van der Waals surface area contributed by atoms with E-state index in [0.717, 1.165) is 73.0 Å². The topological polar surface area (TPSA) is 34.0 Å². The van der Waals surface area contributed by atoms with Crippen molar-refractivity contribution in [1.29, 1.82) is 0 Å². The van der Waals surface area contributed by atoms with Crippen molar-refractivity contribution in [3.63, 3.8) is 0 Å². The van der Waals surface area contributed by atoms with Crippen molar-refractivity contribution in [3.05, 3.63) is 218 Å². The smallest absolute Gasteiger partial charge is 0.160 e. The molecule has 0 N–H and O–H groups in total. The Morgan fingerprint density at radius 1 is 0.321 bits per heavy atom. The first-order valence-corrected chi connectivity index (χ1v) is 18.9. The summed E-state index contributed by atoms with van der Waals surface area (Å²) in [5, 5.41) is 2.34. The van der Waals surface area contributed by atoms with E-state index in [-0.39, 0.29) is 0 Å². The van der Waals surface area contributed by atoms with Crippen LogP contribution < -0.4 is 4.90 Å². The van der Waals surface area contributed by atoms with E-state index in [9.17, 15) is 0 Å². The van der Waals surface area contributed by atoms with E-state index >= 15 is 0 Å². The highest BCUT2D eigenvalue weighted by molar-refractivity contribution is 6.11. The minimum Gasteiger partial charge on any atom is -0.311 e. The van der Waals surface area contributed by atoms with E-state index in [1.807, 2.05) is 18.2 Å². The van der Waals surface area contributed by atoms with Gasteiger partial charge >= 0.3 is 0 Å². The summed E-state index contributed by atoms with van der Waals surface area (Å²) in [7, 11) is 0. The van der Waals surface area contributed by atoms with E-state index in [4.69, 9.17) is 9.97 Å². The van der Waals surface area contributed by atoms with Gasteiger partial charge in [-0.05, 0) is 65.7 Å². The van der Waals surface area contributed by atoms with Gasteiger partial charge in [-0.25, -0.2) is 9.97 Å². The lowest BCUT2D eigenvalue weighted by Gasteiger charge is -2.25. The Morgan fingerprint density at radius 3 is 1.30 bits per heavy atom. The van der Waals surface area contributed by atoms with Crippen molar-refractivity contribution in [1.82, 2.24) is 14.5 Å². The molecule has 0 unspecified atom stereocenters. The third-order valence-electron chi connectivity index (χ3n) is 10.4. The molecule has 0 fully saturated rings. The van der Waals surface area contributed by atoms with Gasteiger partial charge < -0.3 is 9.47 Å². The summed E-state index contributed by atoms with van der Waals surface area (Å²) < 4.78 is 2.37. The highest BCUT2D eigenvalue weighted by atomic mass is 15.1. The molecular weight excluding hydrogens is 681 g/mol. The van der Waals surface area contributed by atoms with Gasteiger partial charge in [-0.1, -0.05) is 164 Å². The van der Waals surface area contributed by atoms with Gasteiger partial charge in [-0.15, -0.1) is 0 Å². The molecule has 4 nitrogen and oxygen atoms in total. The number of para-hydroxylation sites is 3. The fourth-order valence-electron chi connectivity index (χ4n) is 7.78. The summed E-state index contributed by atoms with van der Waals surface area (Å²) in [5.41, 5.74) is 13.6. The Bertz CT molecular complexity index is 2820. The second kappa shape index (κ2) is 14.3. The van der Waals surface area contributed by atoms with Crippen LogP contribution in [0.4, 0.5) is 17.1 Å². The van der Waals surface area contributed by atoms with Crippen LogP contribution in [0.5, 0.6) is 0 Å². The first kappa shape index (κ1) is 33.0. The molecule has 10 rings (SSSR count). The lowest BCUT2D eigenvalue weighted by atomic mass is 10.0. The van der Waals surface area contributed by atoms with Crippen LogP contribution in [0.2, 0.25) is 0 Å². The summed E-state index contributed by atoms with van der Waals surface area (Å²) in [6, 6.07) is 76.7. The molecule has 0 spiro atoms. The molecule has 0 saturated heterocycles. The van der Waals surface area contributed by atoms with Gasteiger partial charge in [0, 0.05) is 44.5 Å². The summed E-state index contributed by atoms with van der Waals surface area (Å²) >= 11 is 0. The van der Waals surface area contributed by atoms with Gasteiger partial charge in [0.2, 0.25) is 0 Å².